The minimum absolute atomic E-state index is 0. The van der Waals surface area contributed by atoms with Crippen molar-refractivity contribution in [2.45, 2.75) is 46.4 Å². The van der Waals surface area contributed by atoms with Gasteiger partial charge in [-0.3, -0.25) is 0 Å². The third-order valence-electron chi connectivity index (χ3n) is 4.91. The van der Waals surface area contributed by atoms with Gasteiger partial charge in [0.25, 0.3) is 0 Å². The summed E-state index contributed by atoms with van der Waals surface area (Å²) in [5.41, 5.74) is 2.98. The standard InChI is InChI=1S/C24H32FN3O3.HI/c1-4-26-24(27-14-18-7-9-22(30-5-2)21(25)13-18)28-15-19-8-6-17(3)12-23(19)31-20-10-11-29-16-20;/h6-9,12-13,20H,4-5,10-11,14-16H2,1-3H3,(H2,26,27,28);1H. The lowest BCUT2D eigenvalue weighted by Gasteiger charge is -2.18. The average molecular weight is 557 g/mol. The van der Waals surface area contributed by atoms with Gasteiger partial charge in [0.2, 0.25) is 0 Å². The summed E-state index contributed by atoms with van der Waals surface area (Å²) in [4.78, 5) is 4.59. The van der Waals surface area contributed by atoms with Crippen molar-refractivity contribution in [2.75, 3.05) is 26.4 Å². The number of nitrogens with zero attached hydrogens (tertiary/aromatic N) is 1. The van der Waals surface area contributed by atoms with Crippen molar-refractivity contribution in [2.24, 2.45) is 4.99 Å². The molecule has 2 aromatic rings. The molecular weight excluding hydrogens is 524 g/mol. The molecule has 2 N–H and O–H groups in total. The van der Waals surface area contributed by atoms with Crippen LogP contribution in [0.2, 0.25) is 0 Å². The fourth-order valence-corrected chi connectivity index (χ4v) is 3.31. The smallest absolute Gasteiger partial charge is 0.191 e. The molecule has 0 amide bonds. The Morgan fingerprint density at radius 3 is 2.69 bits per heavy atom. The number of hydrogen-bond donors (Lipinski definition) is 2. The first-order chi connectivity index (χ1) is 15.1. The molecule has 0 bridgehead atoms. The molecule has 1 unspecified atom stereocenters. The van der Waals surface area contributed by atoms with Crippen LogP contribution in [0.15, 0.2) is 41.4 Å². The van der Waals surface area contributed by atoms with Crippen LogP contribution < -0.4 is 20.1 Å². The summed E-state index contributed by atoms with van der Waals surface area (Å²) in [6.45, 7) is 9.34. The van der Waals surface area contributed by atoms with E-state index in [1.807, 2.05) is 19.9 Å². The minimum Gasteiger partial charge on any atom is -0.491 e. The predicted octanol–water partition coefficient (Wildman–Crippen LogP) is 4.57. The zero-order chi connectivity index (χ0) is 22.1. The highest BCUT2D eigenvalue weighted by molar-refractivity contribution is 14.0. The Kier molecular flexibility index (Phi) is 11.0. The molecule has 0 saturated carbocycles. The summed E-state index contributed by atoms with van der Waals surface area (Å²) < 4.78 is 31.0. The van der Waals surface area contributed by atoms with E-state index in [-0.39, 0.29) is 41.6 Å². The van der Waals surface area contributed by atoms with E-state index in [0.717, 1.165) is 42.0 Å². The lowest BCUT2D eigenvalue weighted by molar-refractivity contribution is 0.140. The maximum absolute atomic E-state index is 14.1. The number of rotatable bonds is 9. The van der Waals surface area contributed by atoms with E-state index in [1.165, 1.54) is 6.07 Å². The summed E-state index contributed by atoms with van der Waals surface area (Å²) in [5, 5.41) is 6.58. The van der Waals surface area contributed by atoms with Crippen molar-refractivity contribution in [3.8, 4) is 11.5 Å². The number of hydrogen-bond acceptors (Lipinski definition) is 4. The number of halogens is 2. The van der Waals surface area contributed by atoms with Crippen LogP contribution in [0.5, 0.6) is 11.5 Å². The molecule has 0 aliphatic carbocycles. The van der Waals surface area contributed by atoms with Crippen LogP contribution in [-0.2, 0) is 17.8 Å². The lowest BCUT2D eigenvalue weighted by Crippen LogP contribution is -2.37. The SMILES string of the molecule is CCNC(=NCc1ccc(OCC)c(F)c1)NCc1ccc(C)cc1OC1CCOC1.I. The van der Waals surface area contributed by atoms with Gasteiger partial charge in [-0.1, -0.05) is 18.2 Å². The zero-order valence-corrected chi connectivity index (χ0v) is 21.3. The molecule has 0 spiro atoms. The number of aliphatic imine (C=N–C) groups is 1. The third-order valence-corrected chi connectivity index (χ3v) is 4.91. The Balaban J connectivity index is 0.00000363. The van der Waals surface area contributed by atoms with E-state index < -0.39 is 0 Å². The molecular formula is C24H33FIN3O3. The van der Waals surface area contributed by atoms with Crippen LogP contribution in [-0.4, -0.2) is 38.4 Å². The molecule has 0 radical (unpaired) electrons. The van der Waals surface area contributed by atoms with Gasteiger partial charge in [0.15, 0.2) is 17.5 Å². The summed E-state index contributed by atoms with van der Waals surface area (Å²) in [5.74, 6) is 1.42. The van der Waals surface area contributed by atoms with Gasteiger partial charge in [-0.05, 0) is 50.1 Å². The molecule has 8 heteroatoms. The number of aryl methyl sites for hydroxylation is 1. The van der Waals surface area contributed by atoms with Crippen LogP contribution in [0, 0.1) is 12.7 Å². The molecule has 3 rings (SSSR count). The van der Waals surface area contributed by atoms with E-state index in [0.29, 0.717) is 32.3 Å². The molecule has 1 fully saturated rings. The summed E-state index contributed by atoms with van der Waals surface area (Å²) in [6.07, 6.45) is 1.00. The van der Waals surface area contributed by atoms with E-state index in [1.54, 1.807) is 6.07 Å². The first-order valence-electron chi connectivity index (χ1n) is 10.9. The summed E-state index contributed by atoms with van der Waals surface area (Å²) in [7, 11) is 0. The Morgan fingerprint density at radius 2 is 2.00 bits per heavy atom. The highest BCUT2D eigenvalue weighted by Crippen LogP contribution is 2.24. The third kappa shape index (κ3) is 7.81. The van der Waals surface area contributed by atoms with Gasteiger partial charge in [0, 0.05) is 25.1 Å². The molecule has 6 nitrogen and oxygen atoms in total. The largest absolute Gasteiger partial charge is 0.491 e. The molecule has 1 aliphatic rings. The fraction of sp³-hybridized carbons (Fsp3) is 0.458. The first-order valence-corrected chi connectivity index (χ1v) is 10.9. The van der Waals surface area contributed by atoms with Crippen LogP contribution >= 0.6 is 24.0 Å². The molecule has 176 valence electrons. The van der Waals surface area contributed by atoms with Crippen LogP contribution in [0.3, 0.4) is 0 Å². The van der Waals surface area contributed by atoms with Crippen LogP contribution in [0.25, 0.3) is 0 Å². The second kappa shape index (κ2) is 13.5. The Morgan fingerprint density at radius 1 is 1.16 bits per heavy atom. The van der Waals surface area contributed by atoms with Gasteiger partial charge < -0.3 is 24.8 Å². The predicted molar refractivity (Wildman–Crippen MR) is 136 cm³/mol. The van der Waals surface area contributed by atoms with E-state index in [9.17, 15) is 4.39 Å². The fourth-order valence-electron chi connectivity index (χ4n) is 3.31. The van der Waals surface area contributed by atoms with Crippen molar-refractivity contribution < 1.29 is 18.6 Å². The number of nitrogens with one attached hydrogen (secondary N) is 2. The highest BCUT2D eigenvalue weighted by Gasteiger charge is 2.18. The van der Waals surface area contributed by atoms with Crippen molar-refractivity contribution in [3.63, 3.8) is 0 Å². The Hall–Kier alpha value is -2.07. The number of benzene rings is 2. The monoisotopic (exact) mass is 557 g/mol. The van der Waals surface area contributed by atoms with E-state index in [4.69, 9.17) is 14.2 Å². The Bertz CT molecular complexity index is 889. The maximum atomic E-state index is 14.1. The van der Waals surface area contributed by atoms with E-state index >= 15 is 0 Å². The maximum Gasteiger partial charge on any atom is 0.191 e. The normalized spacial score (nSPS) is 15.8. The average Bonchev–Trinajstić information content (AvgIpc) is 3.26. The molecule has 1 saturated heterocycles. The van der Waals surface area contributed by atoms with Crippen LogP contribution in [0.4, 0.5) is 4.39 Å². The first kappa shape index (κ1) is 26.2. The van der Waals surface area contributed by atoms with Gasteiger partial charge in [0.05, 0.1) is 26.4 Å². The van der Waals surface area contributed by atoms with Crippen molar-refractivity contribution in [3.05, 3.63) is 58.9 Å². The molecule has 1 heterocycles. The van der Waals surface area contributed by atoms with Gasteiger partial charge in [0.1, 0.15) is 11.9 Å². The molecule has 1 atom stereocenters. The summed E-state index contributed by atoms with van der Waals surface area (Å²) in [6, 6.07) is 11.1. The number of ether oxygens (including phenoxy) is 3. The van der Waals surface area contributed by atoms with Gasteiger partial charge in [-0.25, -0.2) is 9.38 Å². The van der Waals surface area contributed by atoms with Crippen LogP contribution in [0.1, 0.15) is 37.0 Å². The van der Waals surface area contributed by atoms with Crippen molar-refractivity contribution in [1.29, 1.82) is 0 Å². The molecule has 1 aliphatic heterocycles. The second-order valence-corrected chi connectivity index (χ2v) is 7.46. The second-order valence-electron chi connectivity index (χ2n) is 7.46. The highest BCUT2D eigenvalue weighted by atomic mass is 127. The molecule has 2 aromatic carbocycles. The van der Waals surface area contributed by atoms with E-state index in [2.05, 4.69) is 40.7 Å². The quantitative estimate of drug-likeness (QED) is 0.269. The summed E-state index contributed by atoms with van der Waals surface area (Å²) >= 11 is 0. The zero-order valence-electron chi connectivity index (χ0n) is 18.9. The van der Waals surface area contributed by atoms with Crippen molar-refractivity contribution in [1.82, 2.24) is 10.6 Å². The number of guanidine groups is 1. The van der Waals surface area contributed by atoms with Gasteiger partial charge in [-0.15, -0.1) is 24.0 Å². The van der Waals surface area contributed by atoms with Gasteiger partial charge in [-0.2, -0.15) is 0 Å². The molecule has 32 heavy (non-hydrogen) atoms. The lowest BCUT2D eigenvalue weighted by atomic mass is 10.1. The Labute approximate surface area is 207 Å². The minimum atomic E-state index is -0.371. The van der Waals surface area contributed by atoms with Crippen molar-refractivity contribution >= 4 is 29.9 Å². The molecule has 0 aromatic heterocycles. The van der Waals surface area contributed by atoms with Gasteiger partial charge >= 0.3 is 0 Å². The topological polar surface area (TPSA) is 64.1 Å².